The number of hydrogen-bond donors (Lipinski definition) is 1. The van der Waals surface area contributed by atoms with Crippen molar-refractivity contribution in [3.63, 3.8) is 0 Å². The van der Waals surface area contributed by atoms with Crippen LogP contribution in [0.2, 0.25) is 0 Å². The molecule has 1 saturated heterocycles. The van der Waals surface area contributed by atoms with Gasteiger partial charge in [0.1, 0.15) is 11.5 Å². The summed E-state index contributed by atoms with van der Waals surface area (Å²) in [6.07, 6.45) is 3.52. The first-order valence-electron chi connectivity index (χ1n) is 6.30. The molecule has 1 fully saturated rings. The molecule has 18 heavy (non-hydrogen) atoms. The van der Waals surface area contributed by atoms with Crippen LogP contribution in [0.5, 0.6) is 11.5 Å². The van der Waals surface area contributed by atoms with Gasteiger partial charge in [-0.15, -0.1) is 0 Å². The highest BCUT2D eigenvalue weighted by molar-refractivity contribution is 9.10. The molecular formula is C14H20BrNO2. The van der Waals surface area contributed by atoms with E-state index in [4.69, 9.17) is 9.47 Å². The summed E-state index contributed by atoms with van der Waals surface area (Å²) in [5.74, 6) is 1.80. The fraction of sp³-hybridized carbons (Fsp3) is 0.571. The molecule has 1 aliphatic rings. The normalized spacial score (nSPS) is 19.0. The molecule has 0 aromatic heterocycles. The molecule has 1 aliphatic heterocycles. The third-order valence-corrected chi connectivity index (χ3v) is 4.12. The van der Waals surface area contributed by atoms with E-state index in [9.17, 15) is 0 Å². The van der Waals surface area contributed by atoms with Crippen LogP contribution in [-0.4, -0.2) is 26.8 Å². The monoisotopic (exact) mass is 313 g/mol. The maximum absolute atomic E-state index is 5.56. The highest BCUT2D eigenvalue weighted by atomic mass is 79.9. The molecule has 0 saturated carbocycles. The van der Waals surface area contributed by atoms with Crippen LogP contribution in [-0.2, 0) is 6.42 Å². The number of halogens is 1. The molecule has 4 heteroatoms. The lowest BCUT2D eigenvalue weighted by Crippen LogP contribution is -2.24. The minimum atomic E-state index is 0.568. The van der Waals surface area contributed by atoms with E-state index in [1.54, 1.807) is 14.2 Å². The lowest BCUT2D eigenvalue weighted by molar-refractivity contribution is 0.382. The van der Waals surface area contributed by atoms with Crippen molar-refractivity contribution in [1.82, 2.24) is 5.32 Å². The fourth-order valence-electron chi connectivity index (χ4n) is 2.69. The Labute approximate surface area is 117 Å². The van der Waals surface area contributed by atoms with Crippen LogP contribution >= 0.6 is 15.9 Å². The number of ether oxygens (including phenoxy) is 2. The van der Waals surface area contributed by atoms with E-state index in [2.05, 4.69) is 27.3 Å². The van der Waals surface area contributed by atoms with Gasteiger partial charge in [0.05, 0.1) is 18.7 Å². The van der Waals surface area contributed by atoms with Gasteiger partial charge in [-0.1, -0.05) is 0 Å². The molecule has 0 amide bonds. The van der Waals surface area contributed by atoms with Crippen molar-refractivity contribution in [2.45, 2.75) is 32.2 Å². The van der Waals surface area contributed by atoms with Crippen molar-refractivity contribution in [3.05, 3.63) is 21.7 Å². The smallest absolute Gasteiger partial charge is 0.139 e. The predicted molar refractivity (Wildman–Crippen MR) is 76.7 cm³/mol. The summed E-state index contributed by atoms with van der Waals surface area (Å²) in [6.45, 7) is 3.16. The maximum Gasteiger partial charge on any atom is 0.139 e. The first-order valence-corrected chi connectivity index (χ1v) is 7.10. The molecule has 1 aromatic carbocycles. The Balaban J connectivity index is 2.33. The lowest BCUT2D eigenvalue weighted by atomic mass is 10.0. The second kappa shape index (κ2) is 5.93. The van der Waals surface area contributed by atoms with Crippen LogP contribution in [0.4, 0.5) is 0 Å². The van der Waals surface area contributed by atoms with Crippen molar-refractivity contribution in [2.75, 3.05) is 20.8 Å². The molecule has 100 valence electrons. The van der Waals surface area contributed by atoms with E-state index in [-0.39, 0.29) is 0 Å². The van der Waals surface area contributed by atoms with Gasteiger partial charge in [0, 0.05) is 11.6 Å². The summed E-state index contributed by atoms with van der Waals surface area (Å²) in [4.78, 5) is 0. The average Bonchev–Trinajstić information content (AvgIpc) is 2.82. The maximum atomic E-state index is 5.56. The molecule has 1 unspecified atom stereocenters. The van der Waals surface area contributed by atoms with E-state index in [1.165, 1.54) is 18.4 Å². The largest absolute Gasteiger partial charge is 0.496 e. The summed E-state index contributed by atoms with van der Waals surface area (Å²) in [5.41, 5.74) is 2.30. The van der Waals surface area contributed by atoms with Crippen molar-refractivity contribution in [3.8, 4) is 11.5 Å². The Hall–Kier alpha value is -0.740. The lowest BCUT2D eigenvalue weighted by Gasteiger charge is -2.18. The van der Waals surface area contributed by atoms with E-state index >= 15 is 0 Å². The van der Waals surface area contributed by atoms with E-state index < -0.39 is 0 Å². The molecule has 0 radical (unpaired) electrons. The molecule has 0 aliphatic carbocycles. The van der Waals surface area contributed by atoms with Crippen LogP contribution in [0.25, 0.3) is 0 Å². The van der Waals surface area contributed by atoms with Crippen LogP contribution < -0.4 is 14.8 Å². The van der Waals surface area contributed by atoms with Gasteiger partial charge in [0.25, 0.3) is 0 Å². The van der Waals surface area contributed by atoms with Gasteiger partial charge < -0.3 is 14.8 Å². The zero-order valence-electron chi connectivity index (χ0n) is 11.2. The van der Waals surface area contributed by atoms with Crippen LogP contribution in [0.1, 0.15) is 24.0 Å². The van der Waals surface area contributed by atoms with Gasteiger partial charge in [-0.3, -0.25) is 0 Å². The molecule has 1 heterocycles. The third kappa shape index (κ3) is 2.64. The predicted octanol–water partition coefficient (Wildman–Crippen LogP) is 3.07. The summed E-state index contributed by atoms with van der Waals surface area (Å²) >= 11 is 3.57. The van der Waals surface area contributed by atoms with Crippen molar-refractivity contribution in [2.24, 2.45) is 0 Å². The molecular weight excluding hydrogens is 294 g/mol. The van der Waals surface area contributed by atoms with Gasteiger partial charge in [0.2, 0.25) is 0 Å². The molecule has 3 nitrogen and oxygen atoms in total. The second-order valence-electron chi connectivity index (χ2n) is 4.71. The highest BCUT2D eigenvalue weighted by Crippen LogP contribution is 2.38. The first kappa shape index (κ1) is 13.7. The number of benzene rings is 1. The number of rotatable bonds is 4. The van der Waals surface area contributed by atoms with Gasteiger partial charge in [-0.25, -0.2) is 0 Å². The van der Waals surface area contributed by atoms with Gasteiger partial charge in [0.15, 0.2) is 0 Å². The Kier molecular flexibility index (Phi) is 4.51. The number of methoxy groups -OCH3 is 2. The van der Waals surface area contributed by atoms with Crippen molar-refractivity contribution < 1.29 is 9.47 Å². The highest BCUT2D eigenvalue weighted by Gasteiger charge is 2.20. The zero-order chi connectivity index (χ0) is 13.1. The minimum absolute atomic E-state index is 0.568. The standard InChI is InChI=1S/C14H20BrNO2/c1-9-13(17-2)10(7-11-5-4-6-16-11)8-12(15)14(9)18-3/h8,11,16H,4-7H2,1-3H3. The van der Waals surface area contributed by atoms with Crippen LogP contribution in [0, 0.1) is 6.92 Å². The quantitative estimate of drug-likeness (QED) is 0.926. The molecule has 0 spiro atoms. The Morgan fingerprint density at radius 3 is 2.61 bits per heavy atom. The molecule has 2 rings (SSSR count). The zero-order valence-corrected chi connectivity index (χ0v) is 12.8. The van der Waals surface area contributed by atoms with Crippen molar-refractivity contribution >= 4 is 15.9 Å². The summed E-state index contributed by atoms with van der Waals surface area (Å²) in [5, 5.41) is 3.52. The van der Waals surface area contributed by atoms with Gasteiger partial charge in [-0.05, 0) is 60.3 Å². The second-order valence-corrected chi connectivity index (χ2v) is 5.56. The van der Waals surface area contributed by atoms with Gasteiger partial charge >= 0.3 is 0 Å². The van der Waals surface area contributed by atoms with Crippen molar-refractivity contribution in [1.29, 1.82) is 0 Å². The Bertz CT molecular complexity index is 428. The average molecular weight is 314 g/mol. The summed E-state index contributed by atoms with van der Waals surface area (Å²) in [6, 6.07) is 2.68. The third-order valence-electron chi connectivity index (χ3n) is 3.53. The van der Waals surface area contributed by atoms with E-state index in [0.717, 1.165) is 34.5 Å². The first-order chi connectivity index (χ1) is 8.67. The molecule has 1 atom stereocenters. The number of nitrogens with one attached hydrogen (secondary N) is 1. The summed E-state index contributed by atoms with van der Waals surface area (Å²) in [7, 11) is 3.41. The number of hydrogen-bond acceptors (Lipinski definition) is 3. The molecule has 0 bridgehead atoms. The minimum Gasteiger partial charge on any atom is -0.496 e. The molecule has 1 aromatic rings. The Morgan fingerprint density at radius 1 is 1.33 bits per heavy atom. The molecule has 1 N–H and O–H groups in total. The Morgan fingerprint density at radius 2 is 2.06 bits per heavy atom. The SMILES string of the molecule is COc1c(Br)cc(CC2CCCN2)c(OC)c1C. The van der Waals surface area contributed by atoms with Gasteiger partial charge in [-0.2, -0.15) is 0 Å². The van der Waals surface area contributed by atoms with E-state index in [1.807, 2.05) is 6.92 Å². The van der Waals surface area contributed by atoms with Crippen LogP contribution in [0.15, 0.2) is 10.5 Å². The topological polar surface area (TPSA) is 30.5 Å². The summed E-state index contributed by atoms with van der Waals surface area (Å²) < 4.78 is 12.0. The van der Waals surface area contributed by atoms with E-state index in [0.29, 0.717) is 6.04 Å². The fourth-order valence-corrected chi connectivity index (χ4v) is 3.43. The van der Waals surface area contributed by atoms with Crippen LogP contribution in [0.3, 0.4) is 0 Å².